The molecular weight excluding hydrogens is 300 g/mol. The van der Waals surface area contributed by atoms with Crippen LogP contribution in [0.2, 0.25) is 0 Å². The second-order valence-electron chi connectivity index (χ2n) is 5.67. The standard InChI is InChI=1S/C20H24N2O2/c1-3-24-20-16(7-6-10-19(20)23-2)13-21-12-11-15-14-22-18-9-5-4-8-17(15)18/h4-10,14,21-22H,3,11-13H2,1-2H3. The highest BCUT2D eigenvalue weighted by Crippen LogP contribution is 2.31. The molecule has 0 aliphatic heterocycles. The highest BCUT2D eigenvalue weighted by Gasteiger charge is 2.10. The van der Waals surface area contributed by atoms with Crippen LogP contribution in [0.3, 0.4) is 0 Å². The zero-order chi connectivity index (χ0) is 16.8. The van der Waals surface area contributed by atoms with Gasteiger partial charge >= 0.3 is 0 Å². The third-order valence-corrected chi connectivity index (χ3v) is 4.13. The Morgan fingerprint density at radius 3 is 2.75 bits per heavy atom. The van der Waals surface area contributed by atoms with E-state index in [0.29, 0.717) is 6.61 Å². The molecule has 0 bridgehead atoms. The minimum absolute atomic E-state index is 0.628. The topological polar surface area (TPSA) is 46.3 Å². The van der Waals surface area contributed by atoms with Crippen LogP contribution in [-0.4, -0.2) is 25.2 Å². The molecule has 0 aliphatic carbocycles. The Hall–Kier alpha value is -2.46. The van der Waals surface area contributed by atoms with Crippen molar-refractivity contribution >= 4 is 10.9 Å². The van der Waals surface area contributed by atoms with Gasteiger partial charge < -0.3 is 19.8 Å². The summed E-state index contributed by atoms with van der Waals surface area (Å²) < 4.78 is 11.1. The average Bonchev–Trinajstić information content (AvgIpc) is 3.03. The quantitative estimate of drug-likeness (QED) is 0.618. The number of hydrogen-bond acceptors (Lipinski definition) is 3. The van der Waals surface area contributed by atoms with Gasteiger partial charge in [0.25, 0.3) is 0 Å². The van der Waals surface area contributed by atoms with Crippen molar-refractivity contribution in [2.75, 3.05) is 20.3 Å². The summed E-state index contributed by atoms with van der Waals surface area (Å²) in [4.78, 5) is 3.32. The smallest absolute Gasteiger partial charge is 0.165 e. The van der Waals surface area contributed by atoms with Crippen LogP contribution >= 0.6 is 0 Å². The molecule has 4 nitrogen and oxygen atoms in total. The summed E-state index contributed by atoms with van der Waals surface area (Å²) in [6, 6.07) is 14.4. The number of H-pyrrole nitrogens is 1. The van der Waals surface area contributed by atoms with Crippen molar-refractivity contribution in [1.29, 1.82) is 0 Å². The van der Waals surface area contributed by atoms with Gasteiger partial charge in [-0.05, 0) is 37.6 Å². The Kier molecular flexibility index (Phi) is 5.39. The third-order valence-electron chi connectivity index (χ3n) is 4.13. The van der Waals surface area contributed by atoms with E-state index in [2.05, 4.69) is 46.8 Å². The number of nitrogens with one attached hydrogen (secondary N) is 2. The Morgan fingerprint density at radius 1 is 1.04 bits per heavy atom. The van der Waals surface area contributed by atoms with Gasteiger partial charge in [-0.25, -0.2) is 0 Å². The number of rotatable bonds is 8. The highest BCUT2D eigenvalue weighted by molar-refractivity contribution is 5.83. The van der Waals surface area contributed by atoms with Gasteiger partial charge in [-0.15, -0.1) is 0 Å². The predicted molar refractivity (Wildman–Crippen MR) is 97.9 cm³/mol. The first-order valence-corrected chi connectivity index (χ1v) is 8.38. The molecule has 0 fully saturated rings. The van der Waals surface area contributed by atoms with Gasteiger partial charge in [-0.3, -0.25) is 0 Å². The third kappa shape index (κ3) is 3.54. The van der Waals surface area contributed by atoms with Gasteiger partial charge in [0, 0.05) is 29.2 Å². The van der Waals surface area contributed by atoms with Crippen molar-refractivity contribution in [3.63, 3.8) is 0 Å². The van der Waals surface area contributed by atoms with Crippen LogP contribution in [0.1, 0.15) is 18.1 Å². The number of fused-ring (bicyclic) bond motifs is 1. The molecule has 2 N–H and O–H groups in total. The number of aromatic nitrogens is 1. The van der Waals surface area contributed by atoms with Gasteiger partial charge in [0.05, 0.1) is 13.7 Å². The fraction of sp³-hybridized carbons (Fsp3) is 0.300. The summed E-state index contributed by atoms with van der Waals surface area (Å²) >= 11 is 0. The van der Waals surface area contributed by atoms with E-state index in [1.807, 2.05) is 19.1 Å². The molecule has 0 saturated carbocycles. The summed E-state index contributed by atoms with van der Waals surface area (Å²) in [5, 5.41) is 4.81. The Morgan fingerprint density at radius 2 is 1.92 bits per heavy atom. The highest BCUT2D eigenvalue weighted by atomic mass is 16.5. The zero-order valence-corrected chi connectivity index (χ0v) is 14.3. The van der Waals surface area contributed by atoms with E-state index in [9.17, 15) is 0 Å². The molecule has 3 aromatic rings. The lowest BCUT2D eigenvalue weighted by atomic mass is 10.1. The van der Waals surface area contributed by atoms with E-state index in [-0.39, 0.29) is 0 Å². The summed E-state index contributed by atoms with van der Waals surface area (Å²) in [5.41, 5.74) is 3.66. The summed E-state index contributed by atoms with van der Waals surface area (Å²) in [5.74, 6) is 1.62. The summed E-state index contributed by atoms with van der Waals surface area (Å²) in [6.45, 7) is 4.28. The molecule has 4 heteroatoms. The predicted octanol–water partition coefficient (Wildman–Crippen LogP) is 3.91. The average molecular weight is 324 g/mol. The first kappa shape index (κ1) is 16.4. The zero-order valence-electron chi connectivity index (χ0n) is 14.3. The molecule has 126 valence electrons. The molecule has 1 heterocycles. The van der Waals surface area contributed by atoms with Crippen molar-refractivity contribution in [3.05, 3.63) is 59.8 Å². The van der Waals surface area contributed by atoms with Crippen molar-refractivity contribution < 1.29 is 9.47 Å². The number of methoxy groups -OCH3 is 1. The lowest BCUT2D eigenvalue weighted by Crippen LogP contribution is -2.17. The van der Waals surface area contributed by atoms with Crippen molar-refractivity contribution in [3.8, 4) is 11.5 Å². The molecule has 0 aliphatic rings. The van der Waals surface area contributed by atoms with Crippen molar-refractivity contribution in [2.45, 2.75) is 19.9 Å². The largest absolute Gasteiger partial charge is 0.493 e. The van der Waals surface area contributed by atoms with Crippen LogP contribution < -0.4 is 14.8 Å². The first-order chi connectivity index (χ1) is 11.8. The lowest BCUT2D eigenvalue weighted by molar-refractivity contribution is 0.307. The Labute approximate surface area is 142 Å². The minimum Gasteiger partial charge on any atom is -0.493 e. The molecule has 24 heavy (non-hydrogen) atoms. The van der Waals surface area contributed by atoms with E-state index in [1.54, 1.807) is 7.11 Å². The molecule has 0 saturated heterocycles. The molecule has 1 aromatic heterocycles. The normalized spacial score (nSPS) is 10.9. The maximum absolute atomic E-state index is 5.75. The van der Waals surface area contributed by atoms with E-state index in [0.717, 1.165) is 36.6 Å². The molecule has 0 atom stereocenters. The number of hydrogen-bond donors (Lipinski definition) is 2. The van der Waals surface area contributed by atoms with E-state index < -0.39 is 0 Å². The lowest BCUT2D eigenvalue weighted by Gasteiger charge is -2.14. The summed E-state index contributed by atoms with van der Waals surface area (Å²) in [7, 11) is 1.67. The Balaban J connectivity index is 1.60. The van der Waals surface area contributed by atoms with E-state index >= 15 is 0 Å². The molecule has 0 unspecified atom stereocenters. The van der Waals surface area contributed by atoms with Crippen LogP contribution in [0.5, 0.6) is 11.5 Å². The van der Waals surface area contributed by atoms with Crippen LogP contribution in [0.4, 0.5) is 0 Å². The van der Waals surface area contributed by atoms with E-state index in [1.165, 1.54) is 16.5 Å². The van der Waals surface area contributed by atoms with Crippen molar-refractivity contribution in [1.82, 2.24) is 10.3 Å². The molecular formula is C20H24N2O2. The van der Waals surface area contributed by atoms with Gasteiger partial charge in [0.1, 0.15) is 0 Å². The van der Waals surface area contributed by atoms with Gasteiger partial charge in [-0.2, -0.15) is 0 Å². The van der Waals surface area contributed by atoms with Gasteiger partial charge in [0.2, 0.25) is 0 Å². The number of para-hydroxylation sites is 2. The fourth-order valence-electron chi connectivity index (χ4n) is 2.95. The molecule has 0 radical (unpaired) electrons. The van der Waals surface area contributed by atoms with Crippen LogP contribution in [0, 0.1) is 0 Å². The van der Waals surface area contributed by atoms with Gasteiger partial charge in [-0.1, -0.05) is 30.3 Å². The fourth-order valence-corrected chi connectivity index (χ4v) is 2.95. The van der Waals surface area contributed by atoms with Crippen LogP contribution in [0.25, 0.3) is 10.9 Å². The monoisotopic (exact) mass is 324 g/mol. The molecule has 0 amide bonds. The van der Waals surface area contributed by atoms with Crippen LogP contribution in [-0.2, 0) is 13.0 Å². The number of aromatic amines is 1. The van der Waals surface area contributed by atoms with Crippen LogP contribution in [0.15, 0.2) is 48.7 Å². The molecule has 2 aromatic carbocycles. The molecule has 0 spiro atoms. The first-order valence-electron chi connectivity index (χ1n) is 8.38. The van der Waals surface area contributed by atoms with E-state index in [4.69, 9.17) is 9.47 Å². The summed E-state index contributed by atoms with van der Waals surface area (Å²) in [6.07, 6.45) is 3.08. The second-order valence-corrected chi connectivity index (χ2v) is 5.67. The maximum atomic E-state index is 5.75. The second kappa shape index (κ2) is 7.88. The molecule has 3 rings (SSSR count). The van der Waals surface area contributed by atoms with Crippen molar-refractivity contribution in [2.24, 2.45) is 0 Å². The maximum Gasteiger partial charge on any atom is 0.165 e. The van der Waals surface area contributed by atoms with Gasteiger partial charge in [0.15, 0.2) is 11.5 Å². The number of benzene rings is 2. The number of ether oxygens (including phenoxy) is 2. The Bertz CT molecular complexity index is 795. The SMILES string of the molecule is CCOc1c(CNCCc2c[nH]c3ccccc23)cccc1OC. The minimum atomic E-state index is 0.628.